The summed E-state index contributed by atoms with van der Waals surface area (Å²) in [6.45, 7) is 4.09. The molecule has 1 fully saturated rings. The van der Waals surface area contributed by atoms with Crippen molar-refractivity contribution in [3.05, 3.63) is 11.4 Å². The first-order chi connectivity index (χ1) is 6.59. The average Bonchev–Trinajstić information content (AvgIpc) is 2.57. The summed E-state index contributed by atoms with van der Waals surface area (Å²) in [5, 5.41) is 16.2. The Labute approximate surface area is 81.7 Å². The fourth-order valence-electron chi connectivity index (χ4n) is 1.85. The van der Waals surface area contributed by atoms with Crippen molar-refractivity contribution in [1.29, 1.82) is 0 Å². The van der Waals surface area contributed by atoms with E-state index in [2.05, 4.69) is 10.2 Å². The van der Waals surface area contributed by atoms with Crippen LogP contribution in [0.25, 0.3) is 0 Å². The number of carbonyl (C=O) groups excluding carboxylic acids is 1. The number of nitrogens with one attached hydrogen (secondary N) is 1. The van der Waals surface area contributed by atoms with Gasteiger partial charge in [-0.1, -0.05) is 0 Å². The second-order valence-electron chi connectivity index (χ2n) is 3.64. The number of aliphatic hydroxyl groups is 1. The highest BCUT2D eigenvalue weighted by Crippen LogP contribution is 2.26. The standard InChI is InChI=1S/C9H13N3O2/c1-5-9(6(2)11-10-5)12-4-7(13)3-8(12)14/h7,13H,3-4H2,1-2H3,(H,10,11). The van der Waals surface area contributed by atoms with Crippen LogP contribution in [0.1, 0.15) is 17.8 Å². The molecule has 2 heterocycles. The van der Waals surface area contributed by atoms with Crippen molar-refractivity contribution in [3.8, 4) is 0 Å². The zero-order chi connectivity index (χ0) is 10.3. The van der Waals surface area contributed by atoms with Crippen LogP contribution in [0.2, 0.25) is 0 Å². The predicted molar refractivity (Wildman–Crippen MR) is 51.0 cm³/mol. The maximum absolute atomic E-state index is 11.5. The van der Waals surface area contributed by atoms with E-state index in [1.165, 1.54) is 0 Å². The van der Waals surface area contributed by atoms with Gasteiger partial charge in [-0.3, -0.25) is 9.89 Å². The minimum atomic E-state index is -0.545. The molecule has 0 saturated carbocycles. The van der Waals surface area contributed by atoms with Crippen LogP contribution in [0.3, 0.4) is 0 Å². The Morgan fingerprint density at radius 1 is 1.57 bits per heavy atom. The third-order valence-electron chi connectivity index (χ3n) is 2.46. The molecule has 1 unspecified atom stereocenters. The normalized spacial score (nSPS) is 22.1. The molecule has 0 aromatic carbocycles. The first-order valence-corrected chi connectivity index (χ1v) is 4.59. The van der Waals surface area contributed by atoms with E-state index >= 15 is 0 Å². The Kier molecular flexibility index (Phi) is 2.03. The molecule has 1 aromatic rings. The number of hydrogen-bond donors (Lipinski definition) is 2. The van der Waals surface area contributed by atoms with Crippen molar-refractivity contribution in [2.24, 2.45) is 0 Å². The molecule has 0 bridgehead atoms. The maximum Gasteiger partial charge on any atom is 0.229 e. The van der Waals surface area contributed by atoms with Gasteiger partial charge in [-0.15, -0.1) is 0 Å². The summed E-state index contributed by atoms with van der Waals surface area (Å²) < 4.78 is 0. The van der Waals surface area contributed by atoms with Crippen LogP contribution in [0, 0.1) is 13.8 Å². The fourth-order valence-corrected chi connectivity index (χ4v) is 1.85. The van der Waals surface area contributed by atoms with E-state index in [0.29, 0.717) is 6.54 Å². The number of aromatic amines is 1. The largest absolute Gasteiger partial charge is 0.391 e. The Bertz CT molecular complexity index is 353. The number of amides is 1. The van der Waals surface area contributed by atoms with Gasteiger partial charge in [0.2, 0.25) is 5.91 Å². The lowest BCUT2D eigenvalue weighted by Crippen LogP contribution is -2.26. The first-order valence-electron chi connectivity index (χ1n) is 4.59. The van der Waals surface area contributed by atoms with Crippen molar-refractivity contribution < 1.29 is 9.90 Å². The van der Waals surface area contributed by atoms with Gasteiger partial charge in [-0.2, -0.15) is 5.10 Å². The zero-order valence-corrected chi connectivity index (χ0v) is 8.24. The number of nitrogens with zero attached hydrogens (tertiary/aromatic N) is 2. The van der Waals surface area contributed by atoms with E-state index in [4.69, 9.17) is 0 Å². The lowest BCUT2D eigenvalue weighted by molar-refractivity contribution is -0.117. The zero-order valence-electron chi connectivity index (χ0n) is 8.24. The molecular weight excluding hydrogens is 182 g/mol. The van der Waals surface area contributed by atoms with Crippen LogP contribution in [-0.4, -0.2) is 33.9 Å². The van der Waals surface area contributed by atoms with Crippen LogP contribution in [-0.2, 0) is 4.79 Å². The van der Waals surface area contributed by atoms with Crippen LogP contribution in [0.4, 0.5) is 5.69 Å². The molecule has 1 atom stereocenters. The molecule has 0 spiro atoms. The van der Waals surface area contributed by atoms with Crippen LogP contribution >= 0.6 is 0 Å². The number of aliphatic hydroxyl groups excluding tert-OH is 1. The number of β-amino-alcohol motifs (C(OH)–C–C–N with tert-alkyl or cyclic N) is 1. The van der Waals surface area contributed by atoms with Gasteiger partial charge in [0.1, 0.15) is 0 Å². The molecular formula is C9H13N3O2. The predicted octanol–water partition coefficient (Wildman–Crippen LogP) is 0.124. The van der Waals surface area contributed by atoms with Crippen molar-refractivity contribution in [2.75, 3.05) is 11.4 Å². The van der Waals surface area contributed by atoms with Gasteiger partial charge in [-0.25, -0.2) is 0 Å². The van der Waals surface area contributed by atoms with Crippen LogP contribution in [0.5, 0.6) is 0 Å². The lowest BCUT2D eigenvalue weighted by atomic mass is 10.3. The summed E-state index contributed by atoms with van der Waals surface area (Å²) in [6.07, 6.45) is -0.333. The SMILES string of the molecule is Cc1n[nH]c(C)c1N1CC(O)CC1=O. The quantitative estimate of drug-likeness (QED) is 0.669. The third kappa shape index (κ3) is 1.29. The van der Waals surface area contributed by atoms with E-state index in [9.17, 15) is 9.90 Å². The van der Waals surface area contributed by atoms with Crippen molar-refractivity contribution in [2.45, 2.75) is 26.4 Å². The molecule has 1 aliphatic rings. The molecule has 2 rings (SSSR count). The summed E-state index contributed by atoms with van der Waals surface area (Å²) in [5.41, 5.74) is 2.47. The molecule has 2 N–H and O–H groups in total. The molecule has 5 nitrogen and oxygen atoms in total. The van der Waals surface area contributed by atoms with Gasteiger partial charge < -0.3 is 10.0 Å². The molecule has 76 valence electrons. The molecule has 1 aromatic heterocycles. The van der Waals surface area contributed by atoms with Gasteiger partial charge in [0, 0.05) is 0 Å². The summed E-state index contributed by atoms with van der Waals surface area (Å²) in [7, 11) is 0. The summed E-state index contributed by atoms with van der Waals surface area (Å²) in [5.74, 6) is -0.0369. The van der Waals surface area contributed by atoms with Gasteiger partial charge in [-0.05, 0) is 13.8 Å². The van der Waals surface area contributed by atoms with Crippen LogP contribution in [0.15, 0.2) is 0 Å². The highest BCUT2D eigenvalue weighted by atomic mass is 16.3. The number of aryl methyl sites for hydroxylation is 2. The Morgan fingerprint density at radius 2 is 2.29 bits per heavy atom. The Balaban J connectivity index is 2.36. The lowest BCUT2D eigenvalue weighted by Gasteiger charge is -2.15. The number of aromatic nitrogens is 2. The minimum Gasteiger partial charge on any atom is -0.391 e. The van der Waals surface area contributed by atoms with Crippen molar-refractivity contribution >= 4 is 11.6 Å². The molecule has 0 radical (unpaired) electrons. The average molecular weight is 195 g/mol. The highest BCUT2D eigenvalue weighted by molar-refractivity contribution is 5.97. The summed E-state index contributed by atoms with van der Waals surface area (Å²) in [6, 6.07) is 0. The molecule has 1 aliphatic heterocycles. The highest BCUT2D eigenvalue weighted by Gasteiger charge is 2.31. The van der Waals surface area contributed by atoms with Gasteiger partial charge in [0.05, 0.1) is 36.1 Å². The number of carbonyl (C=O) groups is 1. The van der Waals surface area contributed by atoms with Crippen molar-refractivity contribution in [1.82, 2.24) is 10.2 Å². The molecule has 0 aliphatic carbocycles. The minimum absolute atomic E-state index is 0.0369. The van der Waals surface area contributed by atoms with E-state index < -0.39 is 6.10 Å². The molecule has 5 heteroatoms. The number of anilines is 1. The molecule has 1 amide bonds. The third-order valence-corrected chi connectivity index (χ3v) is 2.46. The number of hydrogen-bond acceptors (Lipinski definition) is 3. The van der Waals surface area contributed by atoms with Gasteiger partial charge in [0.15, 0.2) is 0 Å². The van der Waals surface area contributed by atoms with Gasteiger partial charge in [0.25, 0.3) is 0 Å². The topological polar surface area (TPSA) is 69.2 Å². The summed E-state index contributed by atoms with van der Waals surface area (Å²) >= 11 is 0. The van der Waals surface area contributed by atoms with E-state index in [-0.39, 0.29) is 12.3 Å². The first kappa shape index (κ1) is 9.21. The number of H-pyrrole nitrogens is 1. The van der Waals surface area contributed by atoms with E-state index in [1.807, 2.05) is 13.8 Å². The number of rotatable bonds is 1. The maximum atomic E-state index is 11.5. The van der Waals surface area contributed by atoms with E-state index in [1.54, 1.807) is 4.90 Å². The summed E-state index contributed by atoms with van der Waals surface area (Å²) in [4.78, 5) is 13.1. The van der Waals surface area contributed by atoms with Crippen molar-refractivity contribution in [3.63, 3.8) is 0 Å². The Hall–Kier alpha value is -1.36. The fraction of sp³-hybridized carbons (Fsp3) is 0.556. The Morgan fingerprint density at radius 3 is 2.71 bits per heavy atom. The van der Waals surface area contributed by atoms with Crippen LogP contribution < -0.4 is 4.90 Å². The van der Waals surface area contributed by atoms with E-state index in [0.717, 1.165) is 17.1 Å². The molecule has 14 heavy (non-hydrogen) atoms. The second-order valence-corrected chi connectivity index (χ2v) is 3.64. The smallest absolute Gasteiger partial charge is 0.229 e. The monoisotopic (exact) mass is 195 g/mol. The van der Waals surface area contributed by atoms with Gasteiger partial charge >= 0.3 is 0 Å². The molecule has 1 saturated heterocycles. The second kappa shape index (κ2) is 3.09.